The number of piperidine rings is 2. The van der Waals surface area contributed by atoms with Gasteiger partial charge in [0.15, 0.2) is 6.29 Å². The molecule has 2 unspecified atom stereocenters. The molecule has 6 heteroatoms. The molecule has 0 amide bonds. The van der Waals surface area contributed by atoms with Gasteiger partial charge in [-0.05, 0) is 81.1 Å². The van der Waals surface area contributed by atoms with Crippen molar-refractivity contribution in [3.8, 4) is 0 Å². The Morgan fingerprint density at radius 2 is 1.17 bits per heavy atom. The van der Waals surface area contributed by atoms with Crippen molar-refractivity contribution in [3.63, 3.8) is 0 Å². The molecule has 0 aromatic carbocycles. The average molecular weight is 495 g/mol. The Labute approximate surface area is 215 Å². The Kier molecular flexibility index (Phi) is 9.38. The summed E-state index contributed by atoms with van der Waals surface area (Å²) in [5, 5.41) is 7.35. The minimum Gasteiger partial charge on any atom is -0.462 e. The number of carbonyl (C=O) groups is 1. The lowest BCUT2D eigenvalue weighted by molar-refractivity contribution is -0.153. The second-order valence-electron chi connectivity index (χ2n) is 14.2. The van der Waals surface area contributed by atoms with E-state index in [4.69, 9.17) is 14.2 Å². The molecule has 35 heavy (non-hydrogen) atoms. The predicted octanol–water partition coefficient (Wildman–Crippen LogP) is 6.01. The van der Waals surface area contributed by atoms with Gasteiger partial charge in [0.25, 0.3) is 0 Å². The first kappa shape index (κ1) is 28.9. The zero-order valence-electron chi connectivity index (χ0n) is 23.9. The van der Waals surface area contributed by atoms with Gasteiger partial charge in [-0.3, -0.25) is 4.79 Å². The molecule has 3 saturated heterocycles. The molecule has 2 N–H and O–H groups in total. The Hall–Kier alpha value is -0.690. The summed E-state index contributed by atoms with van der Waals surface area (Å²) in [6, 6.07) is 0. The van der Waals surface area contributed by atoms with Crippen molar-refractivity contribution in [2.75, 3.05) is 0 Å². The molecule has 204 valence electrons. The lowest BCUT2D eigenvalue weighted by atomic mass is 9.81. The fraction of sp³-hybridized carbons (Fsp3) is 0.966. The lowest BCUT2D eigenvalue weighted by Gasteiger charge is -2.46. The normalized spacial score (nSPS) is 29.6. The Morgan fingerprint density at radius 1 is 0.714 bits per heavy atom. The number of esters is 1. The van der Waals surface area contributed by atoms with Crippen molar-refractivity contribution < 1.29 is 19.0 Å². The van der Waals surface area contributed by atoms with Crippen LogP contribution in [0.25, 0.3) is 0 Å². The monoisotopic (exact) mass is 494 g/mol. The van der Waals surface area contributed by atoms with Crippen LogP contribution >= 0.6 is 0 Å². The predicted molar refractivity (Wildman–Crippen MR) is 141 cm³/mol. The first-order valence-corrected chi connectivity index (χ1v) is 14.2. The van der Waals surface area contributed by atoms with Crippen LogP contribution in [-0.2, 0) is 19.0 Å². The molecule has 6 nitrogen and oxygen atoms in total. The fourth-order valence-electron chi connectivity index (χ4n) is 6.84. The highest BCUT2D eigenvalue weighted by molar-refractivity contribution is 5.69. The van der Waals surface area contributed by atoms with Crippen LogP contribution in [0.2, 0.25) is 0 Å². The van der Waals surface area contributed by atoms with E-state index in [9.17, 15) is 4.79 Å². The van der Waals surface area contributed by atoms with Gasteiger partial charge in [-0.25, -0.2) is 0 Å². The zero-order valence-corrected chi connectivity index (χ0v) is 23.9. The third kappa shape index (κ3) is 10.3. The third-order valence-corrected chi connectivity index (χ3v) is 7.59. The fourth-order valence-corrected chi connectivity index (χ4v) is 6.84. The van der Waals surface area contributed by atoms with Crippen LogP contribution in [0.3, 0.4) is 0 Å². The molecule has 2 atom stereocenters. The number of carbonyl (C=O) groups excluding carboxylic acids is 1. The molecule has 3 aliphatic heterocycles. The van der Waals surface area contributed by atoms with Crippen molar-refractivity contribution in [2.45, 2.75) is 179 Å². The lowest BCUT2D eigenvalue weighted by Crippen LogP contribution is -2.59. The topological polar surface area (TPSA) is 72.1 Å². The Bertz CT molecular complexity index is 671. The molecule has 0 aromatic heterocycles. The number of ether oxygens (including phenoxy) is 3. The van der Waals surface area contributed by atoms with Crippen molar-refractivity contribution in [1.29, 1.82) is 0 Å². The van der Waals surface area contributed by atoms with Gasteiger partial charge in [-0.1, -0.05) is 32.1 Å². The average Bonchev–Trinajstić information content (AvgIpc) is 3.35. The third-order valence-electron chi connectivity index (χ3n) is 7.59. The summed E-state index contributed by atoms with van der Waals surface area (Å²) < 4.78 is 17.9. The smallest absolute Gasteiger partial charge is 0.306 e. The number of epoxide rings is 1. The highest BCUT2D eigenvalue weighted by Crippen LogP contribution is 2.36. The van der Waals surface area contributed by atoms with E-state index in [-0.39, 0.29) is 52.7 Å². The van der Waals surface area contributed by atoms with Crippen LogP contribution in [0.4, 0.5) is 0 Å². The van der Waals surface area contributed by atoms with Gasteiger partial charge in [0.2, 0.25) is 0 Å². The zero-order chi connectivity index (χ0) is 25.9. The highest BCUT2D eigenvalue weighted by atomic mass is 16.8. The molecule has 0 bridgehead atoms. The standard InChI is InChI=1S/C29H54N2O4/c1-26(2)17-21(18-27(3,4)30-26)33-24(32)16-14-12-10-9-11-13-15-23-25(35-23)34-22-19-28(5,6)31-29(7,8)20-22/h21-23,25,30-31H,9-20H2,1-8H3. The molecular formula is C29H54N2O4. The quantitative estimate of drug-likeness (QED) is 0.197. The Morgan fingerprint density at radius 3 is 1.71 bits per heavy atom. The van der Waals surface area contributed by atoms with Crippen LogP contribution in [0, 0.1) is 0 Å². The van der Waals surface area contributed by atoms with Gasteiger partial charge in [-0.2, -0.15) is 0 Å². The number of hydrogen-bond donors (Lipinski definition) is 2. The Balaban J connectivity index is 1.18. The highest BCUT2D eigenvalue weighted by Gasteiger charge is 2.45. The molecule has 0 radical (unpaired) electrons. The van der Waals surface area contributed by atoms with E-state index in [2.05, 4.69) is 66.0 Å². The first-order chi connectivity index (χ1) is 16.1. The van der Waals surface area contributed by atoms with E-state index in [1.807, 2.05) is 0 Å². The van der Waals surface area contributed by atoms with Crippen molar-refractivity contribution in [3.05, 3.63) is 0 Å². The summed E-state index contributed by atoms with van der Waals surface area (Å²) >= 11 is 0. The first-order valence-electron chi connectivity index (χ1n) is 14.2. The molecule has 0 saturated carbocycles. The molecule has 0 aliphatic carbocycles. The summed E-state index contributed by atoms with van der Waals surface area (Å²) in [5.41, 5.74) is 0.223. The van der Waals surface area contributed by atoms with E-state index in [0.717, 1.165) is 44.9 Å². The van der Waals surface area contributed by atoms with Crippen LogP contribution in [0.15, 0.2) is 0 Å². The largest absolute Gasteiger partial charge is 0.462 e. The van der Waals surface area contributed by atoms with Gasteiger partial charge >= 0.3 is 5.97 Å². The SMILES string of the molecule is CC1(C)CC(OC(=O)CCCCCCCCC2OC2OC2CC(C)(C)NC(C)(C)C2)CC(C)(C)N1. The number of rotatable bonds is 12. The van der Waals surface area contributed by atoms with Gasteiger partial charge in [0.05, 0.1) is 6.10 Å². The summed E-state index contributed by atoms with van der Waals surface area (Å²) in [6.45, 7) is 17.8. The number of hydrogen-bond acceptors (Lipinski definition) is 6. The van der Waals surface area contributed by atoms with E-state index in [1.165, 1.54) is 25.7 Å². The van der Waals surface area contributed by atoms with E-state index >= 15 is 0 Å². The maximum absolute atomic E-state index is 12.3. The van der Waals surface area contributed by atoms with Crippen LogP contribution < -0.4 is 10.6 Å². The van der Waals surface area contributed by atoms with E-state index in [0.29, 0.717) is 6.42 Å². The minimum atomic E-state index is -0.0269. The van der Waals surface area contributed by atoms with Crippen LogP contribution in [0.5, 0.6) is 0 Å². The molecule has 3 fully saturated rings. The van der Waals surface area contributed by atoms with Crippen LogP contribution in [0.1, 0.15) is 132 Å². The van der Waals surface area contributed by atoms with Crippen molar-refractivity contribution in [2.24, 2.45) is 0 Å². The van der Waals surface area contributed by atoms with Crippen molar-refractivity contribution >= 4 is 5.97 Å². The van der Waals surface area contributed by atoms with Gasteiger partial charge < -0.3 is 24.8 Å². The summed E-state index contributed by atoms with van der Waals surface area (Å²) in [7, 11) is 0. The molecule has 0 spiro atoms. The summed E-state index contributed by atoms with van der Waals surface area (Å²) in [5.74, 6) is -0.0269. The molecule has 3 rings (SSSR count). The molecule has 0 aromatic rings. The minimum absolute atomic E-state index is 0.00549. The molecular weight excluding hydrogens is 440 g/mol. The number of nitrogens with one attached hydrogen (secondary N) is 2. The number of unbranched alkanes of at least 4 members (excludes halogenated alkanes) is 5. The maximum atomic E-state index is 12.3. The van der Waals surface area contributed by atoms with E-state index in [1.54, 1.807) is 0 Å². The second-order valence-corrected chi connectivity index (χ2v) is 14.2. The summed E-state index contributed by atoms with van der Waals surface area (Å²) in [6.07, 6.45) is 12.9. The summed E-state index contributed by atoms with van der Waals surface area (Å²) in [4.78, 5) is 12.3. The second kappa shape index (κ2) is 11.4. The van der Waals surface area contributed by atoms with Crippen molar-refractivity contribution in [1.82, 2.24) is 10.6 Å². The van der Waals surface area contributed by atoms with Crippen LogP contribution in [-0.4, -0.2) is 52.7 Å². The maximum Gasteiger partial charge on any atom is 0.306 e. The molecule has 3 aliphatic rings. The van der Waals surface area contributed by atoms with E-state index < -0.39 is 0 Å². The van der Waals surface area contributed by atoms with Gasteiger partial charge in [0, 0.05) is 41.4 Å². The van der Waals surface area contributed by atoms with Gasteiger partial charge in [-0.15, -0.1) is 0 Å². The van der Waals surface area contributed by atoms with Gasteiger partial charge in [0.1, 0.15) is 12.2 Å². The molecule has 3 heterocycles.